The third-order valence-electron chi connectivity index (χ3n) is 2.47. The van der Waals surface area contributed by atoms with Crippen LogP contribution in [0, 0.1) is 0 Å². The number of nitrogens with one attached hydrogen (secondary N) is 1. The van der Waals surface area contributed by atoms with Gasteiger partial charge in [-0.3, -0.25) is 0 Å². The molecule has 1 aliphatic rings. The maximum Gasteiger partial charge on any atom is 0.352 e. The lowest BCUT2D eigenvalue weighted by atomic mass is 10.1. The predicted molar refractivity (Wildman–Crippen MR) is 63.6 cm³/mol. The van der Waals surface area contributed by atoms with E-state index in [0.717, 1.165) is 6.42 Å². The van der Waals surface area contributed by atoms with Gasteiger partial charge in [0.25, 0.3) is 0 Å². The molecule has 0 aromatic heterocycles. The fraction of sp³-hybridized carbons (Fsp3) is 0.727. The SMILES string of the molecule is CCCCCCCC1NC(C(=O)O)=CS1. The standard InChI is InChI=1S/C11H19NO2S/c1-2-3-4-5-6-7-10-12-9(8-15-10)11(13)14/h8,10,12H,2-7H2,1H3,(H,13,14). The van der Waals surface area contributed by atoms with Crippen molar-refractivity contribution in [3.8, 4) is 0 Å². The maximum atomic E-state index is 10.6. The molecule has 0 radical (unpaired) electrons. The summed E-state index contributed by atoms with van der Waals surface area (Å²) >= 11 is 1.59. The van der Waals surface area contributed by atoms with E-state index in [1.165, 1.54) is 32.1 Å². The molecular formula is C11H19NO2S. The highest BCUT2D eigenvalue weighted by Gasteiger charge is 2.19. The van der Waals surface area contributed by atoms with Crippen LogP contribution in [0.5, 0.6) is 0 Å². The largest absolute Gasteiger partial charge is 0.477 e. The Kier molecular flexibility index (Phi) is 5.61. The summed E-state index contributed by atoms with van der Waals surface area (Å²) < 4.78 is 0. The van der Waals surface area contributed by atoms with Crippen LogP contribution in [0.25, 0.3) is 0 Å². The molecule has 1 heterocycles. The molecule has 1 atom stereocenters. The van der Waals surface area contributed by atoms with Crippen LogP contribution in [-0.4, -0.2) is 16.4 Å². The van der Waals surface area contributed by atoms with Crippen molar-refractivity contribution in [3.05, 3.63) is 11.1 Å². The summed E-state index contributed by atoms with van der Waals surface area (Å²) in [7, 11) is 0. The molecule has 0 fully saturated rings. The molecule has 86 valence electrons. The van der Waals surface area contributed by atoms with Crippen molar-refractivity contribution in [1.29, 1.82) is 0 Å². The van der Waals surface area contributed by atoms with E-state index < -0.39 is 5.97 Å². The summed E-state index contributed by atoms with van der Waals surface area (Å²) in [4.78, 5) is 10.6. The summed E-state index contributed by atoms with van der Waals surface area (Å²) in [6, 6.07) is 0. The lowest BCUT2D eigenvalue weighted by Gasteiger charge is -2.10. The minimum atomic E-state index is -0.851. The zero-order valence-electron chi connectivity index (χ0n) is 9.16. The van der Waals surface area contributed by atoms with Gasteiger partial charge in [0.05, 0.1) is 5.37 Å². The number of hydrogen-bond donors (Lipinski definition) is 2. The van der Waals surface area contributed by atoms with Gasteiger partial charge in [0.1, 0.15) is 5.70 Å². The second kappa shape index (κ2) is 6.77. The average Bonchev–Trinajstić information content (AvgIpc) is 2.66. The van der Waals surface area contributed by atoms with Crippen molar-refractivity contribution in [2.24, 2.45) is 0 Å². The molecule has 0 saturated heterocycles. The first-order valence-electron chi connectivity index (χ1n) is 5.59. The predicted octanol–water partition coefficient (Wildman–Crippen LogP) is 2.94. The van der Waals surface area contributed by atoms with Gasteiger partial charge in [-0.2, -0.15) is 0 Å². The van der Waals surface area contributed by atoms with Crippen molar-refractivity contribution >= 4 is 17.7 Å². The van der Waals surface area contributed by atoms with Crippen LogP contribution in [0.2, 0.25) is 0 Å². The number of carboxylic acid groups (broad SMARTS) is 1. The molecule has 0 amide bonds. The van der Waals surface area contributed by atoms with E-state index in [2.05, 4.69) is 12.2 Å². The van der Waals surface area contributed by atoms with E-state index in [0.29, 0.717) is 5.70 Å². The van der Waals surface area contributed by atoms with E-state index >= 15 is 0 Å². The van der Waals surface area contributed by atoms with Gasteiger partial charge in [0, 0.05) is 5.41 Å². The normalized spacial score (nSPS) is 19.8. The Bertz CT molecular complexity index is 241. The summed E-state index contributed by atoms with van der Waals surface area (Å²) in [5, 5.41) is 13.7. The Balaban J connectivity index is 2.04. The lowest BCUT2D eigenvalue weighted by Crippen LogP contribution is -2.24. The van der Waals surface area contributed by atoms with Crippen LogP contribution in [0.3, 0.4) is 0 Å². The molecule has 0 aromatic carbocycles. The number of hydrogen-bond acceptors (Lipinski definition) is 3. The Morgan fingerprint density at radius 2 is 2.20 bits per heavy atom. The minimum absolute atomic E-state index is 0.276. The van der Waals surface area contributed by atoms with Crippen LogP contribution in [-0.2, 0) is 4.79 Å². The molecule has 4 heteroatoms. The number of rotatable bonds is 7. The minimum Gasteiger partial charge on any atom is -0.477 e. The molecule has 0 saturated carbocycles. The summed E-state index contributed by atoms with van der Waals surface area (Å²) in [5.74, 6) is -0.851. The Hall–Kier alpha value is -0.640. The molecule has 0 spiro atoms. The van der Waals surface area contributed by atoms with E-state index in [1.54, 1.807) is 17.2 Å². The Morgan fingerprint density at radius 1 is 1.47 bits per heavy atom. The van der Waals surface area contributed by atoms with Gasteiger partial charge >= 0.3 is 5.97 Å². The van der Waals surface area contributed by atoms with Crippen molar-refractivity contribution in [2.75, 3.05) is 0 Å². The van der Waals surface area contributed by atoms with E-state index in [1.807, 2.05) is 0 Å². The molecule has 1 rings (SSSR count). The Labute approximate surface area is 95.3 Å². The first kappa shape index (κ1) is 12.4. The highest BCUT2D eigenvalue weighted by molar-refractivity contribution is 8.03. The molecule has 3 nitrogen and oxygen atoms in total. The van der Waals surface area contributed by atoms with Gasteiger partial charge < -0.3 is 10.4 Å². The molecular weight excluding hydrogens is 210 g/mol. The number of aliphatic carboxylic acids is 1. The maximum absolute atomic E-state index is 10.6. The van der Waals surface area contributed by atoms with Gasteiger partial charge in [-0.05, 0) is 6.42 Å². The number of unbranched alkanes of at least 4 members (excludes halogenated alkanes) is 4. The lowest BCUT2D eigenvalue weighted by molar-refractivity contribution is -0.133. The van der Waals surface area contributed by atoms with E-state index in [-0.39, 0.29) is 5.37 Å². The van der Waals surface area contributed by atoms with Gasteiger partial charge in [-0.1, -0.05) is 39.0 Å². The summed E-state index contributed by atoms with van der Waals surface area (Å²) in [6.45, 7) is 2.21. The molecule has 0 aromatic rings. The molecule has 2 N–H and O–H groups in total. The third kappa shape index (κ3) is 4.60. The molecule has 0 bridgehead atoms. The van der Waals surface area contributed by atoms with Gasteiger partial charge in [-0.15, -0.1) is 11.8 Å². The van der Waals surface area contributed by atoms with Crippen LogP contribution in [0.4, 0.5) is 0 Å². The highest BCUT2D eigenvalue weighted by Crippen LogP contribution is 2.25. The smallest absolute Gasteiger partial charge is 0.352 e. The van der Waals surface area contributed by atoms with Crippen molar-refractivity contribution in [3.63, 3.8) is 0 Å². The van der Waals surface area contributed by atoms with Gasteiger partial charge in [0.2, 0.25) is 0 Å². The zero-order valence-corrected chi connectivity index (χ0v) is 9.98. The van der Waals surface area contributed by atoms with Crippen LogP contribution in [0.1, 0.15) is 45.4 Å². The van der Waals surface area contributed by atoms with Crippen molar-refractivity contribution in [1.82, 2.24) is 5.32 Å². The van der Waals surface area contributed by atoms with Crippen molar-refractivity contribution in [2.45, 2.75) is 50.8 Å². The average molecular weight is 229 g/mol. The first-order chi connectivity index (χ1) is 7.24. The molecule has 0 aliphatic carbocycles. The number of carboxylic acids is 1. The second-order valence-corrected chi connectivity index (χ2v) is 4.89. The quantitative estimate of drug-likeness (QED) is 0.659. The fourth-order valence-electron chi connectivity index (χ4n) is 1.58. The summed E-state index contributed by atoms with van der Waals surface area (Å²) in [6.07, 6.45) is 7.38. The topological polar surface area (TPSA) is 49.3 Å². The van der Waals surface area contributed by atoms with Crippen LogP contribution >= 0.6 is 11.8 Å². The first-order valence-corrected chi connectivity index (χ1v) is 6.53. The van der Waals surface area contributed by atoms with Crippen molar-refractivity contribution < 1.29 is 9.90 Å². The third-order valence-corrected chi connectivity index (χ3v) is 3.52. The van der Waals surface area contributed by atoms with Gasteiger partial charge in [0.15, 0.2) is 0 Å². The van der Waals surface area contributed by atoms with E-state index in [9.17, 15) is 4.79 Å². The zero-order chi connectivity index (χ0) is 11.1. The second-order valence-electron chi connectivity index (χ2n) is 3.81. The molecule has 1 unspecified atom stereocenters. The number of thioether (sulfide) groups is 1. The van der Waals surface area contributed by atoms with Crippen LogP contribution in [0.15, 0.2) is 11.1 Å². The fourth-order valence-corrected chi connectivity index (χ4v) is 2.54. The highest BCUT2D eigenvalue weighted by atomic mass is 32.2. The molecule has 15 heavy (non-hydrogen) atoms. The van der Waals surface area contributed by atoms with Gasteiger partial charge in [-0.25, -0.2) is 4.79 Å². The van der Waals surface area contributed by atoms with E-state index in [4.69, 9.17) is 5.11 Å². The Morgan fingerprint density at radius 3 is 2.80 bits per heavy atom. The van der Waals surface area contributed by atoms with Crippen LogP contribution < -0.4 is 5.32 Å². The monoisotopic (exact) mass is 229 g/mol. The summed E-state index contributed by atoms with van der Waals surface area (Å²) in [5.41, 5.74) is 0.346. The molecule has 1 aliphatic heterocycles. The number of carbonyl (C=O) groups is 1.